The van der Waals surface area contributed by atoms with Crippen LogP contribution in [-0.4, -0.2) is 46.3 Å². The maximum atomic E-state index is 10.4. The van der Waals surface area contributed by atoms with Gasteiger partial charge in [0.15, 0.2) is 0 Å². The van der Waals surface area contributed by atoms with E-state index in [1.54, 1.807) is 0 Å². The van der Waals surface area contributed by atoms with Crippen molar-refractivity contribution in [3.63, 3.8) is 0 Å². The largest absolute Gasteiger partial charge is 0.393 e. The van der Waals surface area contributed by atoms with Crippen LogP contribution in [-0.2, 0) is 4.74 Å². The van der Waals surface area contributed by atoms with Gasteiger partial charge in [-0.3, -0.25) is 0 Å². The fourth-order valence-electron chi connectivity index (χ4n) is 6.42. The van der Waals surface area contributed by atoms with Crippen molar-refractivity contribution in [3.8, 4) is 0 Å². The van der Waals surface area contributed by atoms with Gasteiger partial charge in [-0.2, -0.15) is 0 Å². The van der Waals surface area contributed by atoms with Crippen LogP contribution in [0.3, 0.4) is 0 Å². The van der Waals surface area contributed by atoms with Gasteiger partial charge in [-0.25, -0.2) is 0 Å². The molecule has 4 rings (SSSR count). The molecule has 1 saturated heterocycles. The maximum Gasteiger partial charge on any atom is 0.0877 e. The van der Waals surface area contributed by atoms with E-state index in [0.29, 0.717) is 30.8 Å². The molecule has 126 valence electrons. The van der Waals surface area contributed by atoms with Crippen LogP contribution in [0.5, 0.6) is 0 Å². The van der Waals surface area contributed by atoms with Crippen molar-refractivity contribution >= 4 is 0 Å². The molecule has 0 radical (unpaired) electrons. The van der Waals surface area contributed by atoms with Crippen molar-refractivity contribution in [3.05, 3.63) is 0 Å². The van der Waals surface area contributed by atoms with E-state index in [2.05, 4.69) is 13.8 Å². The summed E-state index contributed by atoms with van der Waals surface area (Å²) in [5, 5.41) is 30.6. The van der Waals surface area contributed by atoms with Crippen molar-refractivity contribution in [2.45, 2.75) is 76.8 Å². The van der Waals surface area contributed by atoms with Crippen molar-refractivity contribution in [1.29, 1.82) is 0 Å². The van der Waals surface area contributed by atoms with E-state index in [0.717, 1.165) is 32.1 Å². The summed E-state index contributed by atoms with van der Waals surface area (Å²) in [5.74, 6) is 1.36. The maximum absolute atomic E-state index is 10.4. The SMILES string of the molecule is C[C@]12CC[C@@H](O)C[C@@H]1CC[C@H]1[C@@H]3C[C@@H](O)[C@H](O)[C@@]3(C)CO[C@@H]12. The summed E-state index contributed by atoms with van der Waals surface area (Å²) in [7, 11) is 0. The summed E-state index contributed by atoms with van der Waals surface area (Å²) in [4.78, 5) is 0. The molecule has 3 N–H and O–H groups in total. The van der Waals surface area contributed by atoms with Crippen molar-refractivity contribution in [2.24, 2.45) is 28.6 Å². The predicted molar refractivity (Wildman–Crippen MR) is 82.1 cm³/mol. The fourth-order valence-corrected chi connectivity index (χ4v) is 6.42. The van der Waals surface area contributed by atoms with Crippen molar-refractivity contribution < 1.29 is 20.1 Å². The topological polar surface area (TPSA) is 69.9 Å². The summed E-state index contributed by atoms with van der Waals surface area (Å²) in [6.45, 7) is 5.00. The lowest BCUT2D eigenvalue weighted by Crippen LogP contribution is -2.60. The minimum atomic E-state index is -0.655. The number of hydrogen-bond acceptors (Lipinski definition) is 4. The summed E-state index contributed by atoms with van der Waals surface area (Å²) in [6.07, 6.45) is 4.64. The Morgan fingerprint density at radius 3 is 2.50 bits per heavy atom. The monoisotopic (exact) mass is 310 g/mol. The highest BCUT2D eigenvalue weighted by Crippen LogP contribution is 2.61. The lowest BCUT2D eigenvalue weighted by atomic mass is 9.51. The Bertz CT molecular complexity index is 454. The first-order valence-electron chi connectivity index (χ1n) is 9.02. The third-order valence-electron chi connectivity index (χ3n) is 7.87. The van der Waals surface area contributed by atoms with Gasteiger partial charge in [0.2, 0.25) is 0 Å². The lowest BCUT2D eigenvalue weighted by molar-refractivity contribution is -0.226. The lowest BCUT2D eigenvalue weighted by Gasteiger charge is -2.59. The molecule has 0 aromatic carbocycles. The number of hydrogen-bond donors (Lipinski definition) is 3. The molecule has 0 unspecified atom stereocenters. The van der Waals surface area contributed by atoms with Crippen LogP contribution in [0.25, 0.3) is 0 Å². The second-order valence-corrected chi connectivity index (χ2v) is 8.96. The van der Waals surface area contributed by atoms with Gasteiger partial charge >= 0.3 is 0 Å². The van der Waals surface area contributed by atoms with Gasteiger partial charge in [0.1, 0.15) is 0 Å². The Balaban J connectivity index is 1.63. The quantitative estimate of drug-likeness (QED) is 0.637. The molecule has 0 aromatic rings. The number of ether oxygens (including phenoxy) is 1. The van der Waals surface area contributed by atoms with Crippen LogP contribution in [0.2, 0.25) is 0 Å². The van der Waals surface area contributed by atoms with E-state index < -0.39 is 12.2 Å². The minimum absolute atomic E-state index is 0.140. The summed E-state index contributed by atoms with van der Waals surface area (Å²) in [5.41, 5.74) is -0.139. The van der Waals surface area contributed by atoms with E-state index in [4.69, 9.17) is 4.74 Å². The summed E-state index contributed by atoms with van der Waals surface area (Å²) >= 11 is 0. The Labute approximate surface area is 132 Å². The highest BCUT2D eigenvalue weighted by atomic mass is 16.5. The minimum Gasteiger partial charge on any atom is -0.393 e. The zero-order valence-electron chi connectivity index (χ0n) is 13.7. The molecule has 4 heteroatoms. The van der Waals surface area contributed by atoms with Gasteiger partial charge in [-0.1, -0.05) is 13.8 Å². The number of rotatable bonds is 0. The third kappa shape index (κ3) is 1.90. The average Bonchev–Trinajstić information content (AvgIpc) is 2.72. The molecule has 4 fully saturated rings. The molecule has 3 saturated carbocycles. The van der Waals surface area contributed by atoms with E-state index in [9.17, 15) is 15.3 Å². The van der Waals surface area contributed by atoms with Crippen LogP contribution in [0.4, 0.5) is 0 Å². The van der Waals surface area contributed by atoms with Crippen LogP contribution >= 0.6 is 0 Å². The van der Waals surface area contributed by atoms with Crippen LogP contribution in [0.15, 0.2) is 0 Å². The van der Waals surface area contributed by atoms with Gasteiger partial charge < -0.3 is 20.1 Å². The first-order chi connectivity index (χ1) is 10.4. The second-order valence-electron chi connectivity index (χ2n) is 8.96. The van der Waals surface area contributed by atoms with Gasteiger partial charge in [-0.05, 0) is 61.7 Å². The third-order valence-corrected chi connectivity index (χ3v) is 7.87. The van der Waals surface area contributed by atoms with E-state index in [1.165, 1.54) is 0 Å². The van der Waals surface area contributed by atoms with Crippen LogP contribution in [0.1, 0.15) is 52.4 Å². The number of aliphatic hydroxyl groups is 3. The fraction of sp³-hybridized carbons (Fsp3) is 1.00. The molecular formula is C18H30O4. The standard InChI is InChI=1S/C18H30O4/c1-17-6-5-11(19)7-10(17)3-4-12-13-8-14(20)15(21)18(13,2)9-22-16(12)17/h10-16,19-21H,3-9H2,1-2H3/t10-,11+,12-,13-,14+,15-,16-,17-,18-/m0/s1. The summed E-state index contributed by atoms with van der Waals surface area (Å²) in [6, 6.07) is 0. The normalized spacial score (nSPS) is 61.2. The highest BCUT2D eigenvalue weighted by Gasteiger charge is 2.63. The van der Waals surface area contributed by atoms with E-state index >= 15 is 0 Å². The van der Waals surface area contributed by atoms with Crippen molar-refractivity contribution in [1.82, 2.24) is 0 Å². The van der Waals surface area contributed by atoms with Crippen LogP contribution in [0, 0.1) is 28.6 Å². The second kappa shape index (κ2) is 4.92. The molecule has 0 bridgehead atoms. The Morgan fingerprint density at radius 2 is 1.73 bits per heavy atom. The number of fused-ring (bicyclic) bond motifs is 5. The molecule has 1 heterocycles. The molecule has 22 heavy (non-hydrogen) atoms. The first kappa shape index (κ1) is 15.4. The zero-order chi connectivity index (χ0) is 15.7. The Hall–Kier alpha value is -0.160. The first-order valence-corrected chi connectivity index (χ1v) is 9.02. The highest BCUT2D eigenvalue weighted by molar-refractivity contribution is 5.11. The molecule has 9 atom stereocenters. The molecule has 0 aromatic heterocycles. The predicted octanol–water partition coefficient (Wildman–Crippen LogP) is 1.71. The van der Waals surface area contributed by atoms with Gasteiger partial charge in [0.25, 0.3) is 0 Å². The zero-order valence-corrected chi connectivity index (χ0v) is 13.7. The molecule has 4 aliphatic rings. The molecule has 0 amide bonds. The van der Waals surface area contributed by atoms with E-state index in [-0.39, 0.29) is 23.0 Å². The van der Waals surface area contributed by atoms with Crippen molar-refractivity contribution in [2.75, 3.05) is 6.61 Å². The van der Waals surface area contributed by atoms with E-state index in [1.807, 2.05) is 0 Å². The van der Waals surface area contributed by atoms with Crippen LogP contribution < -0.4 is 0 Å². The van der Waals surface area contributed by atoms with Gasteiger partial charge in [0, 0.05) is 5.41 Å². The molecule has 3 aliphatic carbocycles. The molecule has 4 nitrogen and oxygen atoms in total. The molecule has 0 spiro atoms. The molecule has 1 aliphatic heterocycles. The van der Waals surface area contributed by atoms with Gasteiger partial charge in [-0.15, -0.1) is 0 Å². The Morgan fingerprint density at radius 1 is 0.955 bits per heavy atom. The molecular weight excluding hydrogens is 280 g/mol. The Kier molecular flexibility index (Phi) is 3.44. The summed E-state index contributed by atoms with van der Waals surface area (Å²) < 4.78 is 6.37. The average molecular weight is 310 g/mol. The smallest absolute Gasteiger partial charge is 0.0877 e. The van der Waals surface area contributed by atoms with Gasteiger partial charge in [0.05, 0.1) is 31.0 Å². The number of aliphatic hydroxyl groups excluding tert-OH is 3.